The Morgan fingerprint density at radius 2 is 1.87 bits per heavy atom. The highest BCUT2D eigenvalue weighted by molar-refractivity contribution is 5.93. The first-order valence-electron chi connectivity index (χ1n) is 4.99. The van der Waals surface area contributed by atoms with Crippen molar-refractivity contribution >= 4 is 5.97 Å². The van der Waals surface area contributed by atoms with Crippen molar-refractivity contribution in [2.45, 2.75) is 25.4 Å². The Morgan fingerprint density at radius 1 is 1.27 bits per heavy atom. The van der Waals surface area contributed by atoms with Crippen LogP contribution in [-0.4, -0.2) is 11.6 Å². The summed E-state index contributed by atoms with van der Waals surface area (Å²) in [5, 5.41) is 0. The van der Waals surface area contributed by atoms with E-state index in [2.05, 4.69) is 6.58 Å². The van der Waals surface area contributed by atoms with Crippen LogP contribution < -0.4 is 0 Å². The maximum absolute atomic E-state index is 11.5. The summed E-state index contributed by atoms with van der Waals surface area (Å²) in [4.78, 5) is 11.5. The molecule has 2 nitrogen and oxygen atoms in total. The fourth-order valence-electron chi connectivity index (χ4n) is 2.15. The van der Waals surface area contributed by atoms with E-state index in [0.717, 1.165) is 5.56 Å². The number of ether oxygens (including phenoxy) is 1. The van der Waals surface area contributed by atoms with Gasteiger partial charge >= 0.3 is 5.97 Å². The summed E-state index contributed by atoms with van der Waals surface area (Å²) in [5.74, 6) is -0.319. The molecule has 1 aliphatic rings. The van der Waals surface area contributed by atoms with Crippen molar-refractivity contribution < 1.29 is 9.53 Å². The van der Waals surface area contributed by atoms with E-state index in [4.69, 9.17) is 4.74 Å². The van der Waals surface area contributed by atoms with Crippen LogP contribution in [0.2, 0.25) is 0 Å². The zero-order valence-corrected chi connectivity index (χ0v) is 8.99. The summed E-state index contributed by atoms with van der Waals surface area (Å²) in [7, 11) is 0. The number of benzene rings is 1. The summed E-state index contributed by atoms with van der Waals surface area (Å²) in [6.07, 6.45) is 0. The number of hydrogen-bond donors (Lipinski definition) is 0. The lowest BCUT2D eigenvalue weighted by molar-refractivity contribution is -0.144. The van der Waals surface area contributed by atoms with Gasteiger partial charge in [-0.15, -0.1) is 0 Å². The number of carbonyl (C=O) groups excluding carboxylic acids is 1. The smallest absolute Gasteiger partial charge is 0.334 e. The molecule has 0 amide bonds. The Bertz CT molecular complexity index is 404. The van der Waals surface area contributed by atoms with E-state index in [1.54, 1.807) is 0 Å². The number of cyclic esters (lactones) is 1. The van der Waals surface area contributed by atoms with Gasteiger partial charge in [-0.05, 0) is 19.4 Å². The average molecular weight is 202 g/mol. The molecule has 1 aromatic rings. The molecule has 1 unspecified atom stereocenters. The minimum Gasteiger partial charge on any atom is -0.455 e. The normalized spacial score (nSPS) is 24.0. The van der Waals surface area contributed by atoms with Crippen molar-refractivity contribution in [1.29, 1.82) is 0 Å². The topological polar surface area (TPSA) is 26.3 Å². The Hall–Kier alpha value is -1.57. The van der Waals surface area contributed by atoms with Crippen molar-refractivity contribution in [2.24, 2.45) is 0 Å². The number of rotatable bonds is 1. The molecule has 0 aliphatic carbocycles. The number of hydrogen-bond acceptors (Lipinski definition) is 2. The maximum Gasteiger partial charge on any atom is 0.334 e. The second kappa shape index (κ2) is 3.23. The van der Waals surface area contributed by atoms with Gasteiger partial charge in [0, 0.05) is 5.57 Å². The second-order valence-corrected chi connectivity index (χ2v) is 4.36. The molecule has 78 valence electrons. The predicted octanol–water partition coefficient (Wildman–Crippen LogP) is 2.66. The van der Waals surface area contributed by atoms with Gasteiger partial charge in [0.2, 0.25) is 0 Å². The SMILES string of the molecule is C=C1C(=O)OC(C)(C)C1c1ccccc1. The van der Waals surface area contributed by atoms with E-state index >= 15 is 0 Å². The van der Waals surface area contributed by atoms with Crippen molar-refractivity contribution in [3.8, 4) is 0 Å². The first kappa shape index (κ1) is 9.97. The van der Waals surface area contributed by atoms with E-state index in [1.165, 1.54) is 0 Å². The van der Waals surface area contributed by atoms with E-state index in [1.807, 2.05) is 44.2 Å². The van der Waals surface area contributed by atoms with Gasteiger partial charge in [0.1, 0.15) is 5.60 Å². The van der Waals surface area contributed by atoms with Gasteiger partial charge in [0.25, 0.3) is 0 Å². The Labute approximate surface area is 89.6 Å². The zero-order chi connectivity index (χ0) is 11.1. The number of esters is 1. The molecule has 1 aromatic carbocycles. The van der Waals surface area contributed by atoms with Gasteiger partial charge in [-0.25, -0.2) is 4.79 Å². The van der Waals surface area contributed by atoms with E-state index in [9.17, 15) is 4.79 Å². The summed E-state index contributed by atoms with van der Waals surface area (Å²) in [5.41, 5.74) is 1.14. The average Bonchev–Trinajstić information content (AvgIpc) is 2.37. The highest BCUT2D eigenvalue weighted by Crippen LogP contribution is 2.42. The molecule has 2 heteroatoms. The van der Waals surface area contributed by atoms with E-state index < -0.39 is 5.60 Å². The van der Waals surface area contributed by atoms with Gasteiger partial charge in [-0.2, -0.15) is 0 Å². The molecule has 15 heavy (non-hydrogen) atoms. The predicted molar refractivity (Wildman–Crippen MR) is 58.5 cm³/mol. The molecule has 0 aromatic heterocycles. The van der Waals surface area contributed by atoms with Crippen molar-refractivity contribution in [2.75, 3.05) is 0 Å². The molecule has 1 fully saturated rings. The highest BCUT2D eigenvalue weighted by Gasteiger charge is 2.45. The maximum atomic E-state index is 11.5. The van der Waals surface area contributed by atoms with Crippen LogP contribution in [-0.2, 0) is 9.53 Å². The van der Waals surface area contributed by atoms with Crippen LogP contribution in [0.4, 0.5) is 0 Å². The first-order valence-corrected chi connectivity index (χ1v) is 4.99. The van der Waals surface area contributed by atoms with Crippen LogP contribution in [0.1, 0.15) is 25.3 Å². The van der Waals surface area contributed by atoms with Crippen molar-refractivity contribution in [3.63, 3.8) is 0 Å². The lowest BCUT2D eigenvalue weighted by atomic mass is 9.82. The molecular formula is C13H14O2. The zero-order valence-electron chi connectivity index (χ0n) is 8.99. The van der Waals surface area contributed by atoms with Crippen LogP contribution in [0.5, 0.6) is 0 Å². The van der Waals surface area contributed by atoms with Gasteiger partial charge in [0.05, 0.1) is 5.92 Å². The molecule has 0 bridgehead atoms. The van der Waals surface area contributed by atoms with Crippen molar-refractivity contribution in [3.05, 3.63) is 48.0 Å². The molecule has 1 aliphatic heterocycles. The fourth-order valence-corrected chi connectivity index (χ4v) is 2.15. The third-order valence-electron chi connectivity index (χ3n) is 2.79. The molecule has 0 N–H and O–H groups in total. The molecule has 2 rings (SSSR count). The van der Waals surface area contributed by atoms with E-state index in [-0.39, 0.29) is 11.9 Å². The molecule has 1 heterocycles. The van der Waals surface area contributed by atoms with Crippen LogP contribution in [0.3, 0.4) is 0 Å². The molecule has 0 radical (unpaired) electrons. The summed E-state index contributed by atoms with van der Waals surface area (Å²) < 4.78 is 5.29. The Balaban J connectivity index is 2.45. The minimum absolute atomic E-state index is 0.0359. The summed E-state index contributed by atoms with van der Waals surface area (Å²) in [6.45, 7) is 7.65. The van der Waals surface area contributed by atoms with Crippen LogP contribution in [0, 0.1) is 0 Å². The highest BCUT2D eigenvalue weighted by atomic mass is 16.6. The summed E-state index contributed by atoms with van der Waals surface area (Å²) in [6, 6.07) is 9.87. The fraction of sp³-hybridized carbons (Fsp3) is 0.308. The molecule has 0 saturated carbocycles. The molecule has 1 saturated heterocycles. The van der Waals surface area contributed by atoms with Gasteiger partial charge in [-0.3, -0.25) is 0 Å². The van der Waals surface area contributed by atoms with Gasteiger partial charge < -0.3 is 4.74 Å². The lowest BCUT2D eigenvalue weighted by Crippen LogP contribution is -2.26. The van der Waals surface area contributed by atoms with Crippen LogP contribution in [0.15, 0.2) is 42.5 Å². The Morgan fingerprint density at radius 3 is 2.33 bits per heavy atom. The first-order chi connectivity index (χ1) is 7.02. The second-order valence-electron chi connectivity index (χ2n) is 4.36. The standard InChI is InChI=1S/C13H14O2/c1-9-11(10-7-5-4-6-8-10)13(2,3)15-12(9)14/h4-8,11H,1H2,2-3H3. The largest absolute Gasteiger partial charge is 0.455 e. The monoisotopic (exact) mass is 202 g/mol. The molecule has 1 atom stereocenters. The van der Waals surface area contributed by atoms with Crippen LogP contribution >= 0.6 is 0 Å². The van der Waals surface area contributed by atoms with Gasteiger partial charge in [-0.1, -0.05) is 36.9 Å². The third kappa shape index (κ3) is 1.56. The van der Waals surface area contributed by atoms with E-state index in [0.29, 0.717) is 5.57 Å². The Kier molecular flexibility index (Phi) is 2.14. The van der Waals surface area contributed by atoms with Gasteiger partial charge in [0.15, 0.2) is 0 Å². The summed E-state index contributed by atoms with van der Waals surface area (Å²) >= 11 is 0. The van der Waals surface area contributed by atoms with Crippen LogP contribution in [0.25, 0.3) is 0 Å². The number of carbonyl (C=O) groups is 1. The quantitative estimate of drug-likeness (QED) is 0.517. The third-order valence-corrected chi connectivity index (χ3v) is 2.79. The minimum atomic E-state index is -0.491. The molecule has 0 spiro atoms. The lowest BCUT2D eigenvalue weighted by Gasteiger charge is -2.24. The van der Waals surface area contributed by atoms with Crippen molar-refractivity contribution in [1.82, 2.24) is 0 Å². The molecular weight excluding hydrogens is 188 g/mol.